The van der Waals surface area contributed by atoms with Gasteiger partial charge in [-0.2, -0.15) is 0 Å². The van der Waals surface area contributed by atoms with E-state index in [9.17, 15) is 34.8 Å². The van der Waals surface area contributed by atoms with E-state index in [2.05, 4.69) is 0 Å². The number of hydrogen-bond donors (Lipinski definition) is 4. The second-order valence-corrected chi connectivity index (χ2v) is 9.97. The molecule has 3 aromatic carbocycles. The molecule has 4 N–H and O–H groups in total. The van der Waals surface area contributed by atoms with E-state index in [4.69, 9.17) is 14.2 Å². The Morgan fingerprint density at radius 2 is 1.56 bits per heavy atom. The Morgan fingerprint density at radius 1 is 0.878 bits per heavy atom. The van der Waals surface area contributed by atoms with Crippen LogP contribution in [0.2, 0.25) is 0 Å². The van der Waals surface area contributed by atoms with E-state index in [1.807, 2.05) is 30.3 Å². The largest absolute Gasteiger partial charge is 0.507 e. The van der Waals surface area contributed by atoms with E-state index < -0.39 is 54.0 Å². The van der Waals surface area contributed by atoms with Gasteiger partial charge in [-0.1, -0.05) is 36.4 Å². The van der Waals surface area contributed by atoms with Crippen molar-refractivity contribution in [2.45, 2.75) is 51.5 Å². The zero-order valence-corrected chi connectivity index (χ0v) is 22.4. The zero-order valence-electron chi connectivity index (χ0n) is 22.4. The molecule has 0 saturated carbocycles. The topological polar surface area (TPSA) is 160 Å². The Bertz CT molecular complexity index is 1580. The predicted molar refractivity (Wildman–Crippen MR) is 146 cm³/mol. The van der Waals surface area contributed by atoms with Crippen molar-refractivity contribution in [2.24, 2.45) is 0 Å². The minimum atomic E-state index is -1.64. The summed E-state index contributed by atoms with van der Waals surface area (Å²) >= 11 is 0. The third-order valence-corrected chi connectivity index (χ3v) is 7.20. The molecule has 0 amide bonds. The van der Waals surface area contributed by atoms with Crippen molar-refractivity contribution in [3.63, 3.8) is 0 Å². The number of aromatic hydroxyl groups is 1. The fourth-order valence-corrected chi connectivity index (χ4v) is 4.97. The summed E-state index contributed by atoms with van der Waals surface area (Å²) in [5.41, 5.74) is 0.692. The average Bonchev–Trinajstić information content (AvgIpc) is 2.95. The lowest BCUT2D eigenvalue weighted by Crippen LogP contribution is -2.58. The Labute approximate surface area is 235 Å². The number of rotatable bonds is 5. The molecular weight excluding hydrogens is 532 g/mol. The average molecular weight is 561 g/mol. The molecule has 0 bridgehead atoms. The lowest BCUT2D eigenvalue weighted by molar-refractivity contribution is -0.268. The quantitative estimate of drug-likeness (QED) is 0.162. The highest BCUT2D eigenvalue weighted by Gasteiger charge is 2.44. The molecule has 1 aliphatic carbocycles. The van der Waals surface area contributed by atoms with Crippen LogP contribution in [0.1, 0.15) is 62.4 Å². The van der Waals surface area contributed by atoms with Gasteiger partial charge in [0.05, 0.1) is 11.7 Å². The number of aliphatic hydroxyl groups is 3. The first-order valence-corrected chi connectivity index (χ1v) is 12.9. The number of hydrogen-bond acceptors (Lipinski definition) is 10. The molecular formula is C31H28O10. The van der Waals surface area contributed by atoms with Gasteiger partial charge in [0.2, 0.25) is 6.29 Å². The molecule has 0 spiro atoms. The van der Waals surface area contributed by atoms with Gasteiger partial charge in [0.1, 0.15) is 35.6 Å². The van der Waals surface area contributed by atoms with Gasteiger partial charge in [-0.3, -0.25) is 14.4 Å². The van der Waals surface area contributed by atoms with Crippen molar-refractivity contribution in [1.82, 2.24) is 0 Å². The van der Waals surface area contributed by atoms with E-state index in [-0.39, 0.29) is 44.9 Å². The van der Waals surface area contributed by atoms with Crippen molar-refractivity contribution in [2.75, 3.05) is 0 Å². The number of phenols is 1. The first kappa shape index (κ1) is 28.2. The van der Waals surface area contributed by atoms with Crippen LogP contribution in [-0.2, 0) is 9.53 Å². The van der Waals surface area contributed by atoms with Gasteiger partial charge >= 0.3 is 5.97 Å². The SMILES string of the molecule is CC(=O)Oc1ccc2c(c1C=Cc1ccccc1)C(=O)c1cc(O[C@@H]3O[C@@H](C)[C@@H](O)[C@@H](O)[C@H]3O)c(C)c(O)c1C2=O. The molecule has 1 aliphatic heterocycles. The molecule has 0 radical (unpaired) electrons. The Hall–Kier alpha value is -4.35. The normalized spacial score (nSPS) is 23.7. The summed E-state index contributed by atoms with van der Waals surface area (Å²) in [6, 6.07) is 13.2. The molecule has 1 fully saturated rings. The molecule has 3 aromatic rings. The maximum atomic E-state index is 14.0. The van der Waals surface area contributed by atoms with Gasteiger partial charge in [0, 0.05) is 34.7 Å². The number of benzene rings is 3. The van der Waals surface area contributed by atoms with Crippen LogP contribution in [0.5, 0.6) is 17.2 Å². The van der Waals surface area contributed by atoms with Gasteiger partial charge in [-0.15, -0.1) is 0 Å². The lowest BCUT2D eigenvalue weighted by Gasteiger charge is -2.39. The zero-order chi connectivity index (χ0) is 29.6. The number of aliphatic hydroxyl groups excluding tert-OH is 3. The molecule has 5 rings (SSSR count). The molecule has 0 unspecified atom stereocenters. The lowest BCUT2D eigenvalue weighted by atomic mass is 9.80. The van der Waals surface area contributed by atoms with Crippen LogP contribution in [0.25, 0.3) is 12.2 Å². The first-order valence-electron chi connectivity index (χ1n) is 12.9. The van der Waals surface area contributed by atoms with E-state index >= 15 is 0 Å². The van der Waals surface area contributed by atoms with Gasteiger partial charge in [-0.05, 0) is 43.7 Å². The van der Waals surface area contributed by atoms with Crippen LogP contribution >= 0.6 is 0 Å². The second-order valence-electron chi connectivity index (χ2n) is 9.97. The standard InChI is InChI=1S/C31H28O10/c1-14-22(41-31-30(38)29(37)26(34)15(2)39-31)13-20-24(25(14)33)27(35)19-11-12-21(40-16(3)32)18(23(19)28(20)36)10-9-17-7-5-4-6-8-17/h4-13,15,26,29-31,33-34,37-38H,1-3H3/t15-,26+,29+,30+,31-/m0/s1. The fourth-order valence-electron chi connectivity index (χ4n) is 4.97. The molecule has 10 nitrogen and oxygen atoms in total. The summed E-state index contributed by atoms with van der Waals surface area (Å²) in [6.45, 7) is 4.16. The maximum Gasteiger partial charge on any atom is 0.308 e. The van der Waals surface area contributed by atoms with Crippen LogP contribution in [0, 0.1) is 6.92 Å². The predicted octanol–water partition coefficient (Wildman–Crippen LogP) is 2.78. The molecule has 1 saturated heterocycles. The molecule has 212 valence electrons. The highest BCUT2D eigenvalue weighted by atomic mass is 16.7. The monoisotopic (exact) mass is 560 g/mol. The van der Waals surface area contributed by atoms with E-state index in [0.717, 1.165) is 5.56 Å². The third-order valence-electron chi connectivity index (χ3n) is 7.20. The van der Waals surface area contributed by atoms with Crippen LogP contribution < -0.4 is 9.47 Å². The van der Waals surface area contributed by atoms with Crippen LogP contribution in [-0.4, -0.2) is 68.7 Å². The molecule has 10 heteroatoms. The highest BCUT2D eigenvalue weighted by Crippen LogP contribution is 2.43. The van der Waals surface area contributed by atoms with Crippen LogP contribution in [0.4, 0.5) is 0 Å². The van der Waals surface area contributed by atoms with Crippen LogP contribution in [0.15, 0.2) is 48.5 Å². The fraction of sp³-hybridized carbons (Fsp3) is 0.258. The first-order chi connectivity index (χ1) is 19.5. The summed E-state index contributed by atoms with van der Waals surface area (Å²) in [6.07, 6.45) is -3.61. The van der Waals surface area contributed by atoms with E-state index in [1.54, 1.807) is 12.2 Å². The minimum Gasteiger partial charge on any atom is -0.507 e. The summed E-state index contributed by atoms with van der Waals surface area (Å²) in [4.78, 5) is 39.5. The van der Waals surface area contributed by atoms with Gasteiger partial charge in [0.25, 0.3) is 0 Å². The van der Waals surface area contributed by atoms with Gasteiger partial charge in [-0.25, -0.2) is 0 Å². The number of ether oxygens (including phenoxy) is 3. The molecule has 0 aromatic heterocycles. The minimum absolute atomic E-state index is 0.0199. The molecule has 2 aliphatic rings. The number of fused-ring (bicyclic) bond motifs is 2. The highest BCUT2D eigenvalue weighted by molar-refractivity contribution is 6.31. The Kier molecular flexibility index (Phi) is 7.50. The maximum absolute atomic E-state index is 14.0. The number of phenolic OH excluding ortho intramolecular Hbond substituents is 1. The number of carbonyl (C=O) groups is 3. The van der Waals surface area contributed by atoms with Crippen molar-refractivity contribution in [1.29, 1.82) is 0 Å². The summed E-state index contributed by atoms with van der Waals surface area (Å²) in [5, 5.41) is 41.6. The van der Waals surface area contributed by atoms with Crippen molar-refractivity contribution in [3.8, 4) is 17.2 Å². The van der Waals surface area contributed by atoms with Gasteiger partial charge < -0.3 is 34.6 Å². The van der Waals surface area contributed by atoms with E-state index in [0.29, 0.717) is 0 Å². The number of carbonyl (C=O) groups excluding carboxylic acids is 3. The second kappa shape index (κ2) is 10.9. The summed E-state index contributed by atoms with van der Waals surface area (Å²) in [5.74, 6) is -2.38. The van der Waals surface area contributed by atoms with Crippen molar-refractivity contribution in [3.05, 3.63) is 87.5 Å². The molecule has 1 heterocycles. The van der Waals surface area contributed by atoms with E-state index in [1.165, 1.54) is 39.0 Å². The van der Waals surface area contributed by atoms with Crippen LogP contribution in [0.3, 0.4) is 0 Å². The van der Waals surface area contributed by atoms with Crippen molar-refractivity contribution >= 4 is 29.7 Å². The Balaban J connectivity index is 1.62. The molecule has 5 atom stereocenters. The molecule has 41 heavy (non-hydrogen) atoms. The Morgan fingerprint density at radius 3 is 2.24 bits per heavy atom. The third kappa shape index (κ3) is 5.02. The van der Waals surface area contributed by atoms with Gasteiger partial charge in [0.15, 0.2) is 11.6 Å². The smallest absolute Gasteiger partial charge is 0.308 e. The summed E-state index contributed by atoms with van der Waals surface area (Å²) < 4.78 is 16.6. The number of ketones is 2. The number of esters is 1. The summed E-state index contributed by atoms with van der Waals surface area (Å²) in [7, 11) is 0. The van der Waals surface area contributed by atoms with Crippen molar-refractivity contribution < 1.29 is 49.0 Å².